The van der Waals surface area contributed by atoms with Crippen LogP contribution in [0.5, 0.6) is 0 Å². The molecule has 1 heterocycles. The highest BCUT2D eigenvalue weighted by Gasteiger charge is 2.57. The quantitative estimate of drug-likeness (QED) is 0.380. The van der Waals surface area contributed by atoms with Gasteiger partial charge in [0.25, 0.3) is 0 Å². The topological polar surface area (TPSA) is 90.2 Å². The van der Waals surface area contributed by atoms with E-state index >= 15 is 0 Å². The fraction of sp³-hybridized carbons (Fsp3) is 1.00. The molecular weight excluding hydrogens is 164 g/mol. The summed E-state index contributed by atoms with van der Waals surface area (Å²) in [7, 11) is 0. The van der Waals surface area contributed by atoms with E-state index in [-0.39, 0.29) is 0 Å². The largest absolute Gasteiger partial charge is 0.391 e. The molecule has 5 heteroatoms. The molecular formula is C7H14O5. The van der Waals surface area contributed by atoms with Crippen molar-refractivity contribution < 1.29 is 25.2 Å². The van der Waals surface area contributed by atoms with Crippen LogP contribution in [0.4, 0.5) is 0 Å². The van der Waals surface area contributed by atoms with E-state index in [0.717, 1.165) is 0 Å². The smallest absolute Gasteiger partial charge is 0.219 e. The lowest BCUT2D eigenvalue weighted by atomic mass is 9.98. The van der Waals surface area contributed by atoms with Crippen LogP contribution < -0.4 is 0 Å². The molecule has 4 N–H and O–H groups in total. The second-order valence-corrected chi connectivity index (χ2v) is 3.60. The van der Waals surface area contributed by atoms with Gasteiger partial charge in [-0.3, -0.25) is 0 Å². The molecule has 0 radical (unpaired) electrons. The summed E-state index contributed by atoms with van der Waals surface area (Å²) in [5.74, 6) is -2.04. The average Bonchev–Trinajstić information content (AvgIpc) is 2.13. The van der Waals surface area contributed by atoms with E-state index in [1.807, 2.05) is 0 Å². The maximum absolute atomic E-state index is 9.39. The highest BCUT2D eigenvalue weighted by atomic mass is 16.7. The monoisotopic (exact) mass is 178 g/mol. The first-order valence-corrected chi connectivity index (χ1v) is 3.73. The van der Waals surface area contributed by atoms with Gasteiger partial charge in [0.05, 0.1) is 12.2 Å². The molecule has 0 aromatic carbocycles. The van der Waals surface area contributed by atoms with Gasteiger partial charge in [0.15, 0.2) is 0 Å². The molecule has 1 rings (SSSR count). The molecule has 0 amide bonds. The second kappa shape index (κ2) is 2.65. The highest BCUT2D eigenvalue weighted by molar-refractivity contribution is 5.00. The van der Waals surface area contributed by atoms with Crippen LogP contribution in [0.1, 0.15) is 13.8 Å². The lowest BCUT2D eigenvalue weighted by Gasteiger charge is -2.24. The Morgan fingerprint density at radius 1 is 1.25 bits per heavy atom. The Labute approximate surface area is 70.2 Å². The molecule has 72 valence electrons. The Kier molecular flexibility index (Phi) is 2.18. The van der Waals surface area contributed by atoms with E-state index < -0.39 is 30.2 Å². The molecule has 0 spiro atoms. The van der Waals surface area contributed by atoms with Gasteiger partial charge in [0.2, 0.25) is 5.79 Å². The number of aliphatic hydroxyl groups is 4. The van der Waals surface area contributed by atoms with Crippen molar-refractivity contribution >= 4 is 0 Å². The van der Waals surface area contributed by atoms with Crippen molar-refractivity contribution in [3.05, 3.63) is 0 Å². The van der Waals surface area contributed by atoms with E-state index in [4.69, 9.17) is 9.84 Å². The lowest BCUT2D eigenvalue weighted by Crippen LogP contribution is -2.46. The van der Waals surface area contributed by atoms with Gasteiger partial charge in [0.1, 0.15) is 12.2 Å². The van der Waals surface area contributed by atoms with Crippen molar-refractivity contribution in [3.8, 4) is 0 Å². The van der Waals surface area contributed by atoms with E-state index in [0.29, 0.717) is 0 Å². The maximum Gasteiger partial charge on any atom is 0.219 e. The van der Waals surface area contributed by atoms with Gasteiger partial charge in [-0.2, -0.15) is 0 Å². The molecule has 1 fully saturated rings. The maximum atomic E-state index is 9.39. The third-order valence-corrected chi connectivity index (χ3v) is 2.14. The van der Waals surface area contributed by atoms with Gasteiger partial charge < -0.3 is 25.2 Å². The molecule has 0 aromatic rings. The number of hydrogen-bond donors (Lipinski definition) is 4. The van der Waals surface area contributed by atoms with Crippen LogP contribution in [0.3, 0.4) is 0 Å². The van der Waals surface area contributed by atoms with Crippen LogP contribution in [-0.4, -0.2) is 50.6 Å². The Balaban J connectivity index is 2.88. The van der Waals surface area contributed by atoms with Crippen LogP contribution >= 0.6 is 0 Å². The summed E-state index contributed by atoms with van der Waals surface area (Å²) in [4.78, 5) is 0. The van der Waals surface area contributed by atoms with Crippen molar-refractivity contribution in [1.82, 2.24) is 0 Å². The molecule has 0 unspecified atom stereocenters. The predicted octanol–water partition coefficient (Wildman–Crippen LogP) is -1.80. The van der Waals surface area contributed by atoms with Crippen molar-refractivity contribution in [2.24, 2.45) is 0 Å². The summed E-state index contributed by atoms with van der Waals surface area (Å²) in [6, 6.07) is 0. The summed E-state index contributed by atoms with van der Waals surface area (Å²) >= 11 is 0. The zero-order chi connectivity index (χ0) is 9.57. The van der Waals surface area contributed by atoms with E-state index in [9.17, 15) is 15.3 Å². The summed E-state index contributed by atoms with van der Waals surface area (Å²) in [6.07, 6.45) is -2.67. The fourth-order valence-corrected chi connectivity index (χ4v) is 1.33. The molecule has 0 aliphatic carbocycles. The minimum atomic E-state index is -2.04. The predicted molar refractivity (Wildman–Crippen MR) is 39.2 cm³/mol. The molecule has 0 aromatic heterocycles. The molecule has 5 nitrogen and oxygen atoms in total. The first-order valence-electron chi connectivity index (χ1n) is 3.73. The SMILES string of the molecule is CC1(C)O[C@](O)(CO)[C@@H](O)[C@@H]1O. The molecule has 0 bridgehead atoms. The molecule has 0 saturated carbocycles. The summed E-state index contributed by atoms with van der Waals surface area (Å²) < 4.78 is 4.92. The normalized spacial score (nSPS) is 46.5. The van der Waals surface area contributed by atoms with Crippen LogP contribution in [0.15, 0.2) is 0 Å². The Morgan fingerprint density at radius 2 is 1.75 bits per heavy atom. The highest BCUT2D eigenvalue weighted by Crippen LogP contribution is 2.35. The van der Waals surface area contributed by atoms with Gasteiger partial charge in [-0.25, -0.2) is 0 Å². The third-order valence-electron chi connectivity index (χ3n) is 2.14. The summed E-state index contributed by atoms with van der Waals surface area (Å²) in [5.41, 5.74) is -1.04. The van der Waals surface area contributed by atoms with Gasteiger partial charge in [0, 0.05) is 0 Å². The molecule has 1 aliphatic rings. The second-order valence-electron chi connectivity index (χ2n) is 3.60. The van der Waals surface area contributed by atoms with E-state index in [1.54, 1.807) is 0 Å². The first kappa shape index (κ1) is 9.88. The lowest BCUT2D eigenvalue weighted by molar-refractivity contribution is -0.259. The van der Waals surface area contributed by atoms with Crippen LogP contribution in [0.25, 0.3) is 0 Å². The Bertz CT molecular complexity index is 181. The zero-order valence-electron chi connectivity index (χ0n) is 7.06. The van der Waals surface area contributed by atoms with Gasteiger partial charge in [-0.15, -0.1) is 0 Å². The van der Waals surface area contributed by atoms with Crippen molar-refractivity contribution in [3.63, 3.8) is 0 Å². The number of aliphatic hydroxyl groups excluding tert-OH is 3. The van der Waals surface area contributed by atoms with Crippen molar-refractivity contribution in [2.45, 2.75) is 37.4 Å². The van der Waals surface area contributed by atoms with E-state index in [1.165, 1.54) is 13.8 Å². The number of hydrogen-bond acceptors (Lipinski definition) is 5. The molecule has 1 saturated heterocycles. The standard InChI is InChI=1S/C7H14O5/c1-6(2)4(9)5(10)7(11,3-8)12-6/h4-5,8-11H,3H2,1-2H3/t4-,5-,7+/m0/s1. The van der Waals surface area contributed by atoms with Gasteiger partial charge in [-0.05, 0) is 13.8 Å². The van der Waals surface area contributed by atoms with Crippen LogP contribution in [-0.2, 0) is 4.74 Å². The minimum absolute atomic E-state index is 0.741. The molecule has 3 atom stereocenters. The van der Waals surface area contributed by atoms with Gasteiger partial charge in [-0.1, -0.05) is 0 Å². The van der Waals surface area contributed by atoms with E-state index in [2.05, 4.69) is 0 Å². The molecule has 1 aliphatic heterocycles. The first-order chi connectivity index (χ1) is 5.33. The number of rotatable bonds is 1. The molecule has 12 heavy (non-hydrogen) atoms. The van der Waals surface area contributed by atoms with Crippen LogP contribution in [0, 0.1) is 0 Å². The Morgan fingerprint density at radius 3 is 1.92 bits per heavy atom. The third kappa shape index (κ3) is 1.23. The fourth-order valence-electron chi connectivity index (χ4n) is 1.33. The van der Waals surface area contributed by atoms with Crippen molar-refractivity contribution in [2.75, 3.05) is 6.61 Å². The zero-order valence-corrected chi connectivity index (χ0v) is 7.06. The Hall–Kier alpha value is -0.200. The summed E-state index contributed by atoms with van der Waals surface area (Å²) in [6.45, 7) is 2.30. The van der Waals surface area contributed by atoms with Crippen molar-refractivity contribution in [1.29, 1.82) is 0 Å². The average molecular weight is 178 g/mol. The van der Waals surface area contributed by atoms with Gasteiger partial charge >= 0.3 is 0 Å². The van der Waals surface area contributed by atoms with Crippen LogP contribution in [0.2, 0.25) is 0 Å². The summed E-state index contributed by atoms with van der Waals surface area (Å²) in [5, 5.41) is 36.7. The minimum Gasteiger partial charge on any atom is -0.391 e. The number of ether oxygens (including phenoxy) is 1.